The molecule has 0 aromatic heterocycles. The molecule has 4 unspecified atom stereocenters. The molecule has 1 saturated carbocycles. The Bertz CT molecular complexity index is 224. The summed E-state index contributed by atoms with van der Waals surface area (Å²) in [5, 5.41) is 0. The number of hydrogen-bond donors (Lipinski definition) is 0. The SMILES string of the molecule is CC1(Br)CCC(C(C)(Br)C(Br)Br)CC1Br. The summed E-state index contributed by atoms with van der Waals surface area (Å²) < 4.78 is 0.672. The van der Waals surface area contributed by atoms with E-state index in [1.54, 1.807) is 0 Å². The van der Waals surface area contributed by atoms with Crippen molar-refractivity contribution in [1.29, 1.82) is 0 Å². The highest BCUT2D eigenvalue weighted by Gasteiger charge is 2.44. The van der Waals surface area contributed by atoms with E-state index >= 15 is 0 Å². The fraction of sp³-hybridized carbons (Fsp3) is 1.00. The topological polar surface area (TPSA) is 0 Å². The molecule has 4 atom stereocenters. The molecule has 5 heteroatoms. The van der Waals surface area contributed by atoms with Crippen LogP contribution in [0.25, 0.3) is 0 Å². The maximum atomic E-state index is 3.84. The van der Waals surface area contributed by atoms with Crippen LogP contribution < -0.4 is 0 Å². The largest absolute Gasteiger partial charge is 0.0875 e. The summed E-state index contributed by atoms with van der Waals surface area (Å²) in [7, 11) is 0. The summed E-state index contributed by atoms with van der Waals surface area (Å²) in [5.74, 6) is 0.677. The fourth-order valence-corrected chi connectivity index (χ4v) is 4.18. The van der Waals surface area contributed by atoms with Crippen molar-refractivity contribution in [2.45, 2.75) is 50.3 Å². The highest BCUT2D eigenvalue weighted by atomic mass is 79.9. The van der Waals surface area contributed by atoms with Crippen molar-refractivity contribution in [3.8, 4) is 0 Å². The molecule has 1 aliphatic carbocycles. The molecule has 0 amide bonds. The van der Waals surface area contributed by atoms with Gasteiger partial charge in [-0.3, -0.25) is 0 Å². The Labute approximate surface area is 134 Å². The zero-order valence-corrected chi connectivity index (χ0v) is 16.7. The normalized spacial score (nSPS) is 41.6. The second-order valence-electron chi connectivity index (χ2n) is 4.67. The van der Waals surface area contributed by atoms with Gasteiger partial charge in [0.1, 0.15) is 0 Å². The summed E-state index contributed by atoms with van der Waals surface area (Å²) in [5.41, 5.74) is 0. The lowest BCUT2D eigenvalue weighted by atomic mass is 9.77. The third-order valence-electron chi connectivity index (χ3n) is 3.35. The minimum absolute atomic E-state index is 0.114. The van der Waals surface area contributed by atoms with Crippen molar-refractivity contribution in [3.05, 3.63) is 0 Å². The first-order chi connectivity index (χ1) is 6.68. The average molecular weight is 535 g/mol. The molecule has 0 aromatic rings. The Morgan fingerprint density at radius 2 is 1.93 bits per heavy atom. The molecule has 0 nitrogen and oxygen atoms in total. The molecule has 0 spiro atoms. The molecule has 0 bridgehead atoms. The number of halogens is 5. The van der Waals surface area contributed by atoms with Gasteiger partial charge >= 0.3 is 0 Å². The second kappa shape index (κ2) is 5.58. The Kier molecular flexibility index (Phi) is 5.75. The minimum Gasteiger partial charge on any atom is -0.0875 e. The Morgan fingerprint density at radius 3 is 2.33 bits per heavy atom. The van der Waals surface area contributed by atoms with Crippen LogP contribution in [0.15, 0.2) is 0 Å². The summed E-state index contributed by atoms with van der Waals surface area (Å²) in [6.45, 7) is 4.52. The van der Waals surface area contributed by atoms with Crippen molar-refractivity contribution < 1.29 is 0 Å². The Morgan fingerprint density at radius 1 is 1.40 bits per heavy atom. The first-order valence-corrected chi connectivity index (χ1v) is 9.31. The molecule has 0 aromatic carbocycles. The van der Waals surface area contributed by atoms with E-state index in [9.17, 15) is 0 Å². The second-order valence-corrected chi connectivity index (χ2v) is 12.4. The van der Waals surface area contributed by atoms with Crippen LogP contribution in [-0.4, -0.2) is 17.2 Å². The highest BCUT2D eigenvalue weighted by molar-refractivity contribution is 9.25. The molecule has 15 heavy (non-hydrogen) atoms. The predicted molar refractivity (Wildman–Crippen MR) is 86.4 cm³/mol. The van der Waals surface area contributed by atoms with Crippen LogP contribution in [0.4, 0.5) is 0 Å². The smallest absolute Gasteiger partial charge is 0.0850 e. The molecule has 1 aliphatic rings. The minimum atomic E-state index is 0.114. The zero-order chi connectivity index (χ0) is 11.9. The van der Waals surface area contributed by atoms with Crippen molar-refractivity contribution in [2.24, 2.45) is 5.92 Å². The zero-order valence-electron chi connectivity index (χ0n) is 8.74. The summed E-state index contributed by atoms with van der Waals surface area (Å²) >= 11 is 18.7. The van der Waals surface area contributed by atoms with E-state index < -0.39 is 0 Å². The molecular weight excluding hydrogens is 520 g/mol. The van der Waals surface area contributed by atoms with Crippen LogP contribution in [0.5, 0.6) is 0 Å². The lowest BCUT2D eigenvalue weighted by molar-refractivity contribution is 0.289. The van der Waals surface area contributed by atoms with Gasteiger partial charge in [-0.05, 0) is 39.0 Å². The number of hydrogen-bond acceptors (Lipinski definition) is 0. The molecule has 1 fully saturated rings. The van der Waals surface area contributed by atoms with Gasteiger partial charge in [0.15, 0.2) is 0 Å². The third kappa shape index (κ3) is 3.68. The maximum absolute atomic E-state index is 3.84. The summed E-state index contributed by atoms with van der Waals surface area (Å²) in [6, 6.07) is 0. The molecule has 1 rings (SSSR count). The van der Waals surface area contributed by atoms with Gasteiger partial charge in [-0.2, -0.15) is 0 Å². The molecule has 0 saturated heterocycles. The Hall–Kier alpha value is 2.40. The van der Waals surface area contributed by atoms with Gasteiger partial charge in [0.25, 0.3) is 0 Å². The number of rotatable bonds is 2. The lowest BCUT2D eigenvalue weighted by Gasteiger charge is -2.44. The average Bonchev–Trinajstić information content (AvgIpc) is 2.09. The Balaban J connectivity index is 2.70. The third-order valence-corrected chi connectivity index (χ3v) is 10.5. The van der Waals surface area contributed by atoms with Crippen LogP contribution in [-0.2, 0) is 0 Å². The van der Waals surface area contributed by atoms with Gasteiger partial charge in [-0.1, -0.05) is 79.6 Å². The first-order valence-electron chi connectivity index (χ1n) is 4.98. The molecule has 90 valence electrons. The van der Waals surface area contributed by atoms with Gasteiger partial charge < -0.3 is 0 Å². The monoisotopic (exact) mass is 530 g/mol. The van der Waals surface area contributed by atoms with Gasteiger partial charge in [0.2, 0.25) is 0 Å². The highest BCUT2D eigenvalue weighted by Crippen LogP contribution is 2.50. The van der Waals surface area contributed by atoms with E-state index in [2.05, 4.69) is 93.5 Å². The van der Waals surface area contributed by atoms with Crippen LogP contribution in [0.3, 0.4) is 0 Å². The van der Waals surface area contributed by atoms with Crippen molar-refractivity contribution in [2.75, 3.05) is 0 Å². The quantitative estimate of drug-likeness (QED) is 0.383. The van der Waals surface area contributed by atoms with Crippen LogP contribution in [0, 0.1) is 5.92 Å². The van der Waals surface area contributed by atoms with Gasteiger partial charge in [-0.25, -0.2) is 0 Å². The summed E-state index contributed by atoms with van der Waals surface area (Å²) in [6.07, 6.45) is 3.65. The van der Waals surface area contributed by atoms with Crippen molar-refractivity contribution in [1.82, 2.24) is 0 Å². The van der Waals surface area contributed by atoms with Gasteiger partial charge in [0, 0.05) is 13.5 Å². The lowest BCUT2D eigenvalue weighted by Crippen LogP contribution is -2.44. The van der Waals surface area contributed by atoms with E-state index in [4.69, 9.17) is 0 Å². The van der Waals surface area contributed by atoms with Crippen LogP contribution in [0.2, 0.25) is 0 Å². The van der Waals surface area contributed by atoms with Crippen molar-refractivity contribution in [3.63, 3.8) is 0 Å². The first kappa shape index (κ1) is 15.5. The predicted octanol–water partition coefficient (Wildman–Crippen LogP) is 5.97. The van der Waals surface area contributed by atoms with E-state index in [1.165, 1.54) is 19.3 Å². The molecule has 0 N–H and O–H groups in total. The van der Waals surface area contributed by atoms with E-state index in [1.807, 2.05) is 0 Å². The molecular formula is C10H15Br5. The van der Waals surface area contributed by atoms with Gasteiger partial charge in [0.05, 0.1) is 3.74 Å². The maximum Gasteiger partial charge on any atom is 0.0850 e. The van der Waals surface area contributed by atoms with Crippen LogP contribution >= 0.6 is 79.6 Å². The summed E-state index contributed by atoms with van der Waals surface area (Å²) in [4.78, 5) is 0.541. The molecule has 0 heterocycles. The fourth-order valence-electron chi connectivity index (χ4n) is 1.92. The molecule has 0 radical (unpaired) electrons. The number of alkyl halides is 5. The van der Waals surface area contributed by atoms with E-state index in [0.717, 1.165) is 0 Å². The van der Waals surface area contributed by atoms with Gasteiger partial charge in [-0.15, -0.1) is 0 Å². The molecule has 0 aliphatic heterocycles. The van der Waals surface area contributed by atoms with Crippen molar-refractivity contribution >= 4 is 79.6 Å². The standard InChI is InChI=1S/C10H15Br5/c1-9(14)4-3-6(5-7(9)11)10(2,15)8(12)13/h6-8H,3-5H2,1-2H3. The van der Waals surface area contributed by atoms with Crippen LogP contribution in [0.1, 0.15) is 33.1 Å². The van der Waals surface area contributed by atoms with E-state index in [-0.39, 0.29) is 8.65 Å². The van der Waals surface area contributed by atoms with E-state index in [0.29, 0.717) is 14.5 Å².